The van der Waals surface area contributed by atoms with Gasteiger partial charge < -0.3 is 10.1 Å². The molecule has 0 spiro atoms. The number of hydrogen-bond acceptors (Lipinski definition) is 4. The van der Waals surface area contributed by atoms with Gasteiger partial charge in [-0.2, -0.15) is 5.10 Å². The molecule has 0 bridgehead atoms. The van der Waals surface area contributed by atoms with Gasteiger partial charge in [0.25, 0.3) is 0 Å². The number of carbonyl (C=O) groups is 1. The molecule has 0 aliphatic carbocycles. The molecule has 128 valence electrons. The fraction of sp³-hybridized carbons (Fsp3) is 0.412. The van der Waals surface area contributed by atoms with Crippen molar-refractivity contribution in [3.05, 3.63) is 41.3 Å². The van der Waals surface area contributed by atoms with Gasteiger partial charge in [-0.05, 0) is 31.0 Å². The van der Waals surface area contributed by atoms with E-state index in [1.165, 1.54) is 13.2 Å². The first-order valence-electron chi connectivity index (χ1n) is 7.87. The number of ether oxygens (including phenoxy) is 1. The molecule has 24 heavy (non-hydrogen) atoms. The number of benzene rings is 1. The van der Waals surface area contributed by atoms with Gasteiger partial charge >= 0.3 is 0 Å². The van der Waals surface area contributed by atoms with Gasteiger partial charge in [0.15, 0.2) is 11.6 Å². The second-order valence-electron chi connectivity index (χ2n) is 5.95. The second kappa shape index (κ2) is 6.60. The van der Waals surface area contributed by atoms with E-state index in [2.05, 4.69) is 10.4 Å². The minimum atomic E-state index is -0.393. The molecule has 1 saturated heterocycles. The summed E-state index contributed by atoms with van der Waals surface area (Å²) in [6.45, 7) is 3.04. The smallest absolute Gasteiger partial charge is 0.245 e. The van der Waals surface area contributed by atoms with Crippen molar-refractivity contribution in [2.75, 3.05) is 18.6 Å². The fourth-order valence-corrected chi connectivity index (χ4v) is 3.00. The van der Waals surface area contributed by atoms with E-state index in [-0.39, 0.29) is 17.7 Å². The number of halogens is 1. The quantitative estimate of drug-likeness (QED) is 0.907. The first kappa shape index (κ1) is 16.4. The molecule has 2 aromatic rings. The molecule has 1 aliphatic heterocycles. The Bertz CT molecular complexity index is 759. The molecular weight excluding hydrogens is 311 g/mol. The lowest BCUT2D eigenvalue weighted by molar-refractivity contribution is -0.118. The van der Waals surface area contributed by atoms with Crippen LogP contribution >= 0.6 is 0 Å². The maximum atomic E-state index is 13.4. The minimum Gasteiger partial charge on any atom is -0.494 e. The number of methoxy groups -OCH3 is 1. The summed E-state index contributed by atoms with van der Waals surface area (Å²) < 4.78 is 20.1. The molecule has 1 aromatic heterocycles. The topological polar surface area (TPSA) is 59.4 Å². The van der Waals surface area contributed by atoms with Crippen molar-refractivity contribution in [3.8, 4) is 5.75 Å². The molecule has 0 saturated carbocycles. The molecule has 1 aromatic carbocycles. The van der Waals surface area contributed by atoms with Crippen molar-refractivity contribution in [1.82, 2.24) is 15.1 Å². The van der Waals surface area contributed by atoms with Crippen LogP contribution < -0.4 is 15.0 Å². The minimum absolute atomic E-state index is 0.0343. The standard InChI is InChI=1S/C17H21FN4O2/c1-11-8-16(21(2)20-11)22-7-6-14(17(22)23)19-10-12-4-5-13(18)15(9-12)24-3/h4-5,8-9,14,19H,6-7,10H2,1-3H3/t14-/m0/s1. The summed E-state index contributed by atoms with van der Waals surface area (Å²) in [7, 11) is 3.27. The van der Waals surface area contributed by atoms with Gasteiger partial charge in [0.05, 0.1) is 18.8 Å². The van der Waals surface area contributed by atoms with Gasteiger partial charge in [-0.3, -0.25) is 14.4 Å². The van der Waals surface area contributed by atoms with E-state index in [0.717, 1.165) is 23.5 Å². The van der Waals surface area contributed by atoms with Crippen LogP contribution in [-0.2, 0) is 18.4 Å². The predicted octanol–water partition coefficient (Wildman–Crippen LogP) is 1.77. The van der Waals surface area contributed by atoms with Crippen molar-refractivity contribution in [1.29, 1.82) is 0 Å². The van der Waals surface area contributed by atoms with Crippen LogP contribution in [0.25, 0.3) is 0 Å². The first-order valence-corrected chi connectivity index (χ1v) is 7.87. The van der Waals surface area contributed by atoms with Crippen molar-refractivity contribution >= 4 is 11.7 Å². The van der Waals surface area contributed by atoms with E-state index in [9.17, 15) is 9.18 Å². The maximum Gasteiger partial charge on any atom is 0.245 e. The fourth-order valence-electron chi connectivity index (χ4n) is 3.00. The largest absolute Gasteiger partial charge is 0.494 e. The summed E-state index contributed by atoms with van der Waals surface area (Å²) in [5, 5.41) is 7.53. The van der Waals surface area contributed by atoms with Crippen LogP contribution in [-0.4, -0.2) is 35.4 Å². The number of carbonyl (C=O) groups excluding carboxylic acids is 1. The Labute approximate surface area is 140 Å². The van der Waals surface area contributed by atoms with Crippen molar-refractivity contribution < 1.29 is 13.9 Å². The highest BCUT2D eigenvalue weighted by atomic mass is 19.1. The molecule has 1 fully saturated rings. The molecule has 0 unspecified atom stereocenters. The van der Waals surface area contributed by atoms with E-state index in [4.69, 9.17) is 4.74 Å². The Morgan fingerprint density at radius 3 is 2.88 bits per heavy atom. The zero-order valence-electron chi connectivity index (χ0n) is 14.0. The lowest BCUT2D eigenvalue weighted by atomic mass is 10.2. The van der Waals surface area contributed by atoms with Gasteiger partial charge in [-0.25, -0.2) is 4.39 Å². The zero-order valence-corrected chi connectivity index (χ0v) is 14.0. The molecule has 6 nitrogen and oxygen atoms in total. The average molecular weight is 332 g/mol. The number of aryl methyl sites for hydroxylation is 2. The van der Waals surface area contributed by atoms with Gasteiger partial charge in [0.2, 0.25) is 5.91 Å². The third-order valence-electron chi connectivity index (χ3n) is 4.23. The maximum absolute atomic E-state index is 13.4. The van der Waals surface area contributed by atoms with Crippen molar-refractivity contribution in [3.63, 3.8) is 0 Å². The van der Waals surface area contributed by atoms with Gasteiger partial charge in [-0.1, -0.05) is 6.07 Å². The van der Waals surface area contributed by atoms with Gasteiger partial charge in [0.1, 0.15) is 5.82 Å². The molecule has 1 aliphatic rings. The number of rotatable bonds is 5. The lowest BCUT2D eigenvalue weighted by Gasteiger charge is -2.17. The van der Waals surface area contributed by atoms with E-state index in [0.29, 0.717) is 13.1 Å². The molecule has 1 amide bonds. The van der Waals surface area contributed by atoms with Crippen molar-refractivity contribution in [2.45, 2.75) is 25.9 Å². The number of amides is 1. The summed E-state index contributed by atoms with van der Waals surface area (Å²) >= 11 is 0. The molecule has 2 heterocycles. The third-order valence-corrected chi connectivity index (χ3v) is 4.23. The normalized spacial score (nSPS) is 17.6. The summed E-state index contributed by atoms with van der Waals surface area (Å²) in [6, 6.07) is 6.36. The summed E-state index contributed by atoms with van der Waals surface area (Å²) in [4.78, 5) is 14.4. The molecule has 1 atom stereocenters. The Kier molecular flexibility index (Phi) is 4.53. The Balaban J connectivity index is 1.65. The Hall–Kier alpha value is -2.41. The molecule has 1 N–H and O–H groups in total. The van der Waals surface area contributed by atoms with Crippen LogP contribution in [0, 0.1) is 12.7 Å². The first-order chi connectivity index (χ1) is 11.5. The van der Waals surface area contributed by atoms with Crippen LogP contribution in [0.4, 0.5) is 10.2 Å². The Morgan fingerprint density at radius 2 is 2.21 bits per heavy atom. The van der Waals surface area contributed by atoms with Crippen LogP contribution in [0.3, 0.4) is 0 Å². The van der Waals surface area contributed by atoms with E-state index >= 15 is 0 Å². The zero-order chi connectivity index (χ0) is 17.3. The Morgan fingerprint density at radius 1 is 1.42 bits per heavy atom. The number of hydrogen-bond donors (Lipinski definition) is 1. The highest BCUT2D eigenvalue weighted by molar-refractivity contribution is 5.98. The van der Waals surface area contributed by atoms with Crippen LogP contribution in [0.15, 0.2) is 24.3 Å². The second-order valence-corrected chi connectivity index (χ2v) is 5.95. The molecule has 3 rings (SSSR count). The molecule has 0 radical (unpaired) electrons. The van der Waals surface area contributed by atoms with Gasteiger partial charge in [0, 0.05) is 26.2 Å². The third kappa shape index (κ3) is 3.12. The average Bonchev–Trinajstić information content (AvgIpc) is 3.08. The van der Waals surface area contributed by atoms with E-state index < -0.39 is 5.82 Å². The highest BCUT2D eigenvalue weighted by Crippen LogP contribution is 2.23. The number of anilines is 1. The van der Waals surface area contributed by atoms with Crippen LogP contribution in [0.1, 0.15) is 17.7 Å². The van der Waals surface area contributed by atoms with Crippen molar-refractivity contribution in [2.24, 2.45) is 7.05 Å². The predicted molar refractivity (Wildman–Crippen MR) is 88.5 cm³/mol. The number of aromatic nitrogens is 2. The summed E-state index contributed by atoms with van der Waals surface area (Å²) in [5.74, 6) is 0.660. The lowest BCUT2D eigenvalue weighted by Crippen LogP contribution is -2.38. The van der Waals surface area contributed by atoms with Crippen LogP contribution in [0.5, 0.6) is 5.75 Å². The highest BCUT2D eigenvalue weighted by Gasteiger charge is 2.33. The van der Waals surface area contributed by atoms with E-state index in [1.54, 1.807) is 21.7 Å². The van der Waals surface area contributed by atoms with E-state index in [1.807, 2.05) is 20.0 Å². The summed E-state index contributed by atoms with van der Waals surface area (Å²) in [5.41, 5.74) is 1.76. The number of nitrogens with one attached hydrogen (secondary N) is 1. The molecular formula is C17H21FN4O2. The van der Waals surface area contributed by atoms with Gasteiger partial charge in [-0.15, -0.1) is 0 Å². The van der Waals surface area contributed by atoms with Crippen LogP contribution in [0.2, 0.25) is 0 Å². The monoisotopic (exact) mass is 332 g/mol. The number of nitrogens with zero attached hydrogens (tertiary/aromatic N) is 3. The SMILES string of the molecule is COc1cc(CN[C@H]2CCN(c3cc(C)nn3C)C2=O)ccc1F. The summed E-state index contributed by atoms with van der Waals surface area (Å²) in [6.07, 6.45) is 0.724. The molecule has 7 heteroatoms.